The first-order valence-corrected chi connectivity index (χ1v) is 9.13. The summed E-state index contributed by atoms with van der Waals surface area (Å²) in [5.74, 6) is 0.715. The summed E-state index contributed by atoms with van der Waals surface area (Å²) >= 11 is 6.61. The summed E-state index contributed by atoms with van der Waals surface area (Å²) in [6.45, 7) is 4.19. The van der Waals surface area contributed by atoms with Crippen molar-refractivity contribution < 1.29 is 12.8 Å². The summed E-state index contributed by atoms with van der Waals surface area (Å²) < 4.78 is 29.9. The number of primary sulfonamides is 1. The van der Waals surface area contributed by atoms with Crippen molar-refractivity contribution in [2.24, 2.45) is 5.14 Å². The Morgan fingerprint density at radius 1 is 1.24 bits per heavy atom. The van der Waals surface area contributed by atoms with Crippen LogP contribution in [0.2, 0.25) is 0 Å². The summed E-state index contributed by atoms with van der Waals surface area (Å²) in [5.41, 5.74) is 2.53. The van der Waals surface area contributed by atoms with Crippen LogP contribution < -0.4 is 10.5 Å². The molecule has 0 aliphatic heterocycles. The maximum atomic E-state index is 11.5. The molecule has 114 valence electrons. The van der Waals surface area contributed by atoms with Crippen molar-refractivity contribution in [1.29, 1.82) is 0 Å². The highest BCUT2D eigenvalue weighted by atomic mass is 79.9. The van der Waals surface area contributed by atoms with Crippen molar-refractivity contribution >= 4 is 47.6 Å². The molecule has 0 atom stereocenters. The largest absolute Gasteiger partial charge is 0.451 e. The first-order valence-electron chi connectivity index (χ1n) is 6.00. The molecule has 0 spiro atoms. The number of sulfonamides is 1. The lowest BCUT2D eigenvalue weighted by Crippen LogP contribution is -2.13. The molecule has 3 N–H and O–H groups in total. The number of hydrogen-bond donors (Lipinski definition) is 2. The lowest BCUT2D eigenvalue weighted by atomic mass is 10.1. The van der Waals surface area contributed by atoms with Gasteiger partial charge in [0, 0.05) is 5.69 Å². The van der Waals surface area contributed by atoms with E-state index in [0.717, 1.165) is 15.6 Å². The first kappa shape index (κ1) is 16.5. The SMILES string of the molecule is Cc1cc(S(N)(=O)=O)cc(NCc2cc(Br)c(Br)o2)c1C. The number of aryl methyl sites for hydroxylation is 1. The lowest BCUT2D eigenvalue weighted by molar-refractivity contribution is 0.494. The van der Waals surface area contributed by atoms with Gasteiger partial charge in [0.1, 0.15) is 5.76 Å². The Kier molecular flexibility index (Phi) is 4.82. The normalized spacial score (nSPS) is 11.7. The molecule has 0 bridgehead atoms. The van der Waals surface area contributed by atoms with Crippen LogP contribution in [0.5, 0.6) is 0 Å². The topological polar surface area (TPSA) is 85.3 Å². The van der Waals surface area contributed by atoms with Crippen LogP contribution in [-0.2, 0) is 16.6 Å². The van der Waals surface area contributed by atoms with E-state index in [9.17, 15) is 8.42 Å². The fourth-order valence-corrected chi connectivity index (χ4v) is 3.12. The van der Waals surface area contributed by atoms with E-state index in [1.165, 1.54) is 6.07 Å². The zero-order valence-corrected chi connectivity index (χ0v) is 15.4. The third kappa shape index (κ3) is 3.88. The van der Waals surface area contributed by atoms with E-state index in [1.807, 2.05) is 19.9 Å². The molecule has 5 nitrogen and oxygen atoms in total. The van der Waals surface area contributed by atoms with Gasteiger partial charge in [0.2, 0.25) is 10.0 Å². The van der Waals surface area contributed by atoms with Gasteiger partial charge in [0.15, 0.2) is 4.67 Å². The number of furan rings is 1. The smallest absolute Gasteiger partial charge is 0.238 e. The number of rotatable bonds is 4. The Morgan fingerprint density at radius 3 is 2.43 bits per heavy atom. The lowest BCUT2D eigenvalue weighted by Gasteiger charge is -2.12. The molecule has 0 amide bonds. The van der Waals surface area contributed by atoms with E-state index >= 15 is 0 Å². The van der Waals surface area contributed by atoms with Crippen LogP contribution in [0.3, 0.4) is 0 Å². The molecule has 0 aliphatic rings. The van der Waals surface area contributed by atoms with Crippen LogP contribution in [-0.4, -0.2) is 8.42 Å². The van der Waals surface area contributed by atoms with Gasteiger partial charge in [-0.25, -0.2) is 13.6 Å². The summed E-state index contributed by atoms with van der Waals surface area (Å²) in [6.07, 6.45) is 0. The van der Waals surface area contributed by atoms with Crippen LogP contribution >= 0.6 is 31.9 Å². The number of hydrogen-bond acceptors (Lipinski definition) is 4. The predicted molar refractivity (Wildman–Crippen MR) is 88.7 cm³/mol. The van der Waals surface area contributed by atoms with Crippen molar-refractivity contribution in [3.8, 4) is 0 Å². The number of benzene rings is 1. The van der Waals surface area contributed by atoms with Gasteiger partial charge in [0.25, 0.3) is 0 Å². The fraction of sp³-hybridized carbons (Fsp3) is 0.231. The third-order valence-electron chi connectivity index (χ3n) is 3.12. The number of nitrogens with one attached hydrogen (secondary N) is 1. The molecule has 2 rings (SSSR count). The van der Waals surface area contributed by atoms with Gasteiger partial charge >= 0.3 is 0 Å². The minimum Gasteiger partial charge on any atom is -0.451 e. The average molecular weight is 438 g/mol. The van der Waals surface area contributed by atoms with Crippen LogP contribution in [0, 0.1) is 13.8 Å². The molecule has 1 heterocycles. The summed E-state index contributed by atoms with van der Waals surface area (Å²) in [4.78, 5) is 0.0925. The molecule has 0 unspecified atom stereocenters. The van der Waals surface area contributed by atoms with E-state index in [2.05, 4.69) is 37.2 Å². The van der Waals surface area contributed by atoms with E-state index in [-0.39, 0.29) is 4.90 Å². The maximum Gasteiger partial charge on any atom is 0.238 e. The van der Waals surface area contributed by atoms with Crippen molar-refractivity contribution in [1.82, 2.24) is 0 Å². The molecule has 0 saturated heterocycles. The van der Waals surface area contributed by atoms with E-state index in [4.69, 9.17) is 9.56 Å². The highest BCUT2D eigenvalue weighted by Crippen LogP contribution is 2.28. The van der Waals surface area contributed by atoms with Gasteiger partial charge in [-0.05, 0) is 75.0 Å². The highest BCUT2D eigenvalue weighted by molar-refractivity contribution is 9.13. The minimum atomic E-state index is -3.73. The molecule has 0 aliphatic carbocycles. The Balaban J connectivity index is 2.29. The molecular formula is C13H14Br2N2O3S. The second-order valence-electron chi connectivity index (χ2n) is 4.65. The van der Waals surface area contributed by atoms with Crippen LogP contribution in [0.15, 0.2) is 36.7 Å². The molecule has 1 aromatic heterocycles. The third-order valence-corrected chi connectivity index (χ3v) is 5.72. The van der Waals surface area contributed by atoms with Gasteiger partial charge in [-0.3, -0.25) is 0 Å². The van der Waals surface area contributed by atoms with Crippen molar-refractivity contribution in [2.45, 2.75) is 25.3 Å². The minimum absolute atomic E-state index is 0.0925. The van der Waals surface area contributed by atoms with Gasteiger partial charge in [-0.15, -0.1) is 0 Å². The fourth-order valence-electron chi connectivity index (χ4n) is 1.83. The Morgan fingerprint density at radius 2 is 1.90 bits per heavy atom. The Hall–Kier alpha value is -0.830. The van der Waals surface area contributed by atoms with E-state index in [0.29, 0.717) is 22.7 Å². The van der Waals surface area contributed by atoms with Crippen LogP contribution in [0.4, 0.5) is 5.69 Å². The Bertz CT molecular complexity index is 765. The van der Waals surface area contributed by atoms with E-state index < -0.39 is 10.0 Å². The Labute approximate surface area is 140 Å². The average Bonchev–Trinajstić information content (AvgIpc) is 2.69. The van der Waals surface area contributed by atoms with Crippen LogP contribution in [0.1, 0.15) is 16.9 Å². The molecule has 8 heteroatoms. The van der Waals surface area contributed by atoms with Crippen LogP contribution in [0.25, 0.3) is 0 Å². The van der Waals surface area contributed by atoms with Crippen molar-refractivity contribution in [2.75, 3.05) is 5.32 Å². The molecule has 0 saturated carbocycles. The standard InChI is InChI=1S/C13H14Br2N2O3S/c1-7-3-10(21(16,18)19)5-12(8(7)2)17-6-9-4-11(14)13(15)20-9/h3-5,17H,6H2,1-2H3,(H2,16,18,19). The number of anilines is 1. The monoisotopic (exact) mass is 436 g/mol. The summed E-state index contributed by atoms with van der Waals surface area (Å²) in [7, 11) is -3.73. The molecule has 0 radical (unpaired) electrons. The second kappa shape index (κ2) is 6.12. The van der Waals surface area contributed by atoms with Gasteiger partial charge in [-0.2, -0.15) is 0 Å². The summed E-state index contributed by atoms with van der Waals surface area (Å²) in [5, 5.41) is 8.36. The van der Waals surface area contributed by atoms with E-state index in [1.54, 1.807) is 6.07 Å². The molecule has 2 aromatic rings. The van der Waals surface area contributed by atoms with Crippen molar-refractivity contribution in [3.05, 3.63) is 44.2 Å². The van der Waals surface area contributed by atoms with Gasteiger partial charge in [0.05, 0.1) is 15.9 Å². The quantitative estimate of drug-likeness (QED) is 0.763. The zero-order chi connectivity index (χ0) is 15.8. The first-order chi connectivity index (χ1) is 9.68. The zero-order valence-electron chi connectivity index (χ0n) is 11.4. The number of nitrogens with two attached hydrogens (primary N) is 1. The van der Waals surface area contributed by atoms with Crippen molar-refractivity contribution in [3.63, 3.8) is 0 Å². The molecule has 1 aromatic carbocycles. The van der Waals surface area contributed by atoms with Gasteiger partial charge in [-0.1, -0.05) is 0 Å². The molecule has 0 fully saturated rings. The maximum absolute atomic E-state index is 11.5. The highest BCUT2D eigenvalue weighted by Gasteiger charge is 2.13. The molecular weight excluding hydrogens is 424 g/mol. The molecule has 21 heavy (non-hydrogen) atoms. The predicted octanol–water partition coefficient (Wildman–Crippen LogP) is 3.68. The van der Waals surface area contributed by atoms with Gasteiger partial charge < -0.3 is 9.73 Å². The number of halogens is 2. The summed E-state index contributed by atoms with van der Waals surface area (Å²) in [6, 6.07) is 4.93. The second-order valence-corrected chi connectivity index (χ2v) is 7.78.